The van der Waals surface area contributed by atoms with Crippen molar-refractivity contribution in [1.82, 2.24) is 10.6 Å². The summed E-state index contributed by atoms with van der Waals surface area (Å²) in [5, 5.41) is 8.54. The van der Waals surface area contributed by atoms with Gasteiger partial charge in [0, 0.05) is 26.4 Å². The minimum atomic E-state index is -0.398. The summed E-state index contributed by atoms with van der Waals surface area (Å²) in [4.78, 5) is 15.8. The summed E-state index contributed by atoms with van der Waals surface area (Å²) in [5.74, 6) is -0.205. The molecule has 0 unspecified atom stereocenters. The molecule has 130 valence electrons. The summed E-state index contributed by atoms with van der Waals surface area (Å²) in [6.45, 7) is 4.42. The molecule has 0 radical (unpaired) electrons. The van der Waals surface area contributed by atoms with Crippen LogP contribution in [0, 0.1) is 5.82 Å². The second kappa shape index (κ2) is 10.4. The zero-order valence-corrected chi connectivity index (χ0v) is 16.1. The van der Waals surface area contributed by atoms with Gasteiger partial charge >= 0.3 is 0 Å². The molecule has 0 aliphatic carbocycles. The fourth-order valence-electron chi connectivity index (χ4n) is 1.52. The number of hydrogen-bond donors (Lipinski definition) is 3. The van der Waals surface area contributed by atoms with E-state index in [2.05, 4.69) is 20.9 Å². The first-order valence-electron chi connectivity index (χ1n) is 6.91. The Labute approximate surface area is 153 Å². The molecule has 1 aromatic rings. The number of aliphatic imine (C=N–C) groups is 1. The van der Waals surface area contributed by atoms with Gasteiger partial charge in [0.25, 0.3) is 0 Å². The number of nitrogens with one attached hydrogen (secondary N) is 3. The fraction of sp³-hybridized carbons (Fsp3) is 0.467. The van der Waals surface area contributed by atoms with Crippen LogP contribution in [0.4, 0.5) is 10.1 Å². The Morgan fingerprint density at radius 2 is 2.04 bits per heavy atom. The Hall–Kier alpha value is -1.42. The van der Waals surface area contributed by atoms with Crippen LogP contribution in [-0.2, 0) is 9.53 Å². The molecule has 0 bridgehead atoms. The van der Waals surface area contributed by atoms with Gasteiger partial charge in [-0.1, -0.05) is 6.07 Å². The lowest BCUT2D eigenvalue weighted by Crippen LogP contribution is -2.47. The average molecular weight is 438 g/mol. The third-order valence-corrected chi connectivity index (χ3v) is 2.98. The van der Waals surface area contributed by atoms with E-state index in [4.69, 9.17) is 4.74 Å². The zero-order valence-electron chi connectivity index (χ0n) is 13.8. The lowest BCUT2D eigenvalue weighted by molar-refractivity contribution is -0.115. The van der Waals surface area contributed by atoms with Gasteiger partial charge in [0.1, 0.15) is 5.82 Å². The molecule has 1 amide bonds. The minimum Gasteiger partial charge on any atom is -0.377 e. The van der Waals surface area contributed by atoms with Crippen molar-refractivity contribution in [3.8, 4) is 0 Å². The van der Waals surface area contributed by atoms with Crippen molar-refractivity contribution in [2.75, 3.05) is 32.6 Å². The van der Waals surface area contributed by atoms with E-state index in [1.165, 1.54) is 18.2 Å². The van der Waals surface area contributed by atoms with Gasteiger partial charge in [0.05, 0.1) is 12.1 Å². The van der Waals surface area contributed by atoms with Crippen LogP contribution in [-0.4, -0.2) is 44.7 Å². The average Bonchev–Trinajstić information content (AvgIpc) is 2.47. The predicted octanol–water partition coefficient (Wildman–Crippen LogP) is 1.97. The maximum Gasteiger partial charge on any atom is 0.243 e. The number of guanidine groups is 1. The van der Waals surface area contributed by atoms with Crippen LogP contribution in [0.15, 0.2) is 29.3 Å². The van der Waals surface area contributed by atoms with Crippen LogP contribution in [0.1, 0.15) is 13.8 Å². The number of anilines is 1. The van der Waals surface area contributed by atoms with Crippen molar-refractivity contribution in [3.63, 3.8) is 0 Å². The van der Waals surface area contributed by atoms with E-state index in [0.29, 0.717) is 18.2 Å². The van der Waals surface area contributed by atoms with Crippen molar-refractivity contribution in [2.24, 2.45) is 4.99 Å². The number of benzene rings is 1. The van der Waals surface area contributed by atoms with Crippen molar-refractivity contribution >= 4 is 41.5 Å². The van der Waals surface area contributed by atoms with Crippen LogP contribution >= 0.6 is 24.0 Å². The molecule has 3 N–H and O–H groups in total. The van der Waals surface area contributed by atoms with Crippen LogP contribution in [0.25, 0.3) is 0 Å². The molecule has 0 atom stereocenters. The lowest BCUT2D eigenvalue weighted by atomic mass is 10.1. The van der Waals surface area contributed by atoms with E-state index in [9.17, 15) is 9.18 Å². The van der Waals surface area contributed by atoms with Gasteiger partial charge in [0.15, 0.2) is 5.96 Å². The topological polar surface area (TPSA) is 74.8 Å². The van der Waals surface area contributed by atoms with E-state index in [-0.39, 0.29) is 42.0 Å². The van der Waals surface area contributed by atoms with Gasteiger partial charge in [-0.2, -0.15) is 0 Å². The highest BCUT2D eigenvalue weighted by atomic mass is 127. The van der Waals surface area contributed by atoms with Gasteiger partial charge in [-0.25, -0.2) is 4.39 Å². The van der Waals surface area contributed by atoms with Gasteiger partial charge < -0.3 is 20.7 Å². The maximum atomic E-state index is 13.0. The number of rotatable bonds is 6. The van der Waals surface area contributed by atoms with Crippen molar-refractivity contribution in [2.45, 2.75) is 19.4 Å². The zero-order chi connectivity index (χ0) is 16.6. The molecular formula is C15H24FIN4O2. The van der Waals surface area contributed by atoms with Crippen LogP contribution < -0.4 is 16.0 Å². The Bertz CT molecular complexity index is 538. The fourth-order valence-corrected chi connectivity index (χ4v) is 1.52. The van der Waals surface area contributed by atoms with Crippen molar-refractivity contribution in [3.05, 3.63) is 30.1 Å². The Balaban J connectivity index is 0.00000484. The highest BCUT2D eigenvalue weighted by molar-refractivity contribution is 14.0. The molecule has 23 heavy (non-hydrogen) atoms. The molecule has 1 aromatic carbocycles. The lowest BCUT2D eigenvalue weighted by Gasteiger charge is -2.24. The molecule has 6 nitrogen and oxygen atoms in total. The molecule has 0 aliphatic heterocycles. The molecule has 1 rings (SSSR count). The van der Waals surface area contributed by atoms with Gasteiger partial charge in [-0.05, 0) is 32.0 Å². The first kappa shape index (κ1) is 21.6. The molecule has 0 aromatic heterocycles. The molecule has 0 spiro atoms. The highest BCUT2D eigenvalue weighted by Crippen LogP contribution is 2.08. The van der Waals surface area contributed by atoms with Gasteiger partial charge in [0.2, 0.25) is 5.91 Å². The first-order valence-corrected chi connectivity index (χ1v) is 6.91. The quantitative estimate of drug-likeness (QED) is 0.361. The number of carbonyl (C=O) groups is 1. The smallest absolute Gasteiger partial charge is 0.243 e. The van der Waals surface area contributed by atoms with E-state index in [0.717, 1.165) is 0 Å². The number of amides is 1. The largest absolute Gasteiger partial charge is 0.377 e. The third-order valence-electron chi connectivity index (χ3n) is 2.98. The van der Waals surface area contributed by atoms with Gasteiger partial charge in [-0.3, -0.25) is 9.79 Å². The molecule has 0 saturated heterocycles. The molecule has 8 heteroatoms. The number of hydrogen-bond acceptors (Lipinski definition) is 3. The third kappa shape index (κ3) is 8.70. The monoisotopic (exact) mass is 438 g/mol. The van der Waals surface area contributed by atoms with E-state index >= 15 is 0 Å². The van der Waals surface area contributed by atoms with Crippen molar-refractivity contribution < 1.29 is 13.9 Å². The SMILES string of the molecule is CN=C(NCC(=O)Nc1cccc(F)c1)NCC(C)(C)OC.I. The van der Waals surface area contributed by atoms with Gasteiger partial charge in [-0.15, -0.1) is 24.0 Å². The van der Waals surface area contributed by atoms with Crippen LogP contribution in [0.5, 0.6) is 0 Å². The summed E-state index contributed by atoms with van der Waals surface area (Å²) in [7, 11) is 3.24. The standard InChI is InChI=1S/C15H23FN4O2.HI/c1-15(2,22-4)10-19-14(17-3)18-9-13(21)20-12-7-5-6-11(16)8-12;/h5-8H,9-10H2,1-4H3,(H,20,21)(H2,17,18,19);1H. The molecular weight excluding hydrogens is 414 g/mol. The first-order chi connectivity index (χ1) is 10.4. The summed E-state index contributed by atoms with van der Waals surface area (Å²) in [5.41, 5.74) is 0.0665. The molecule has 0 saturated carbocycles. The summed E-state index contributed by atoms with van der Waals surface area (Å²) in [6.07, 6.45) is 0. The number of nitrogens with zero attached hydrogens (tertiary/aromatic N) is 1. The molecule has 0 aliphatic rings. The van der Waals surface area contributed by atoms with Crippen molar-refractivity contribution in [1.29, 1.82) is 0 Å². The Kier molecular flexibility index (Phi) is 9.73. The van der Waals surface area contributed by atoms with E-state index < -0.39 is 5.82 Å². The normalized spacial score (nSPS) is 11.4. The minimum absolute atomic E-state index is 0. The Morgan fingerprint density at radius 1 is 1.35 bits per heavy atom. The van der Waals surface area contributed by atoms with E-state index in [1.54, 1.807) is 20.2 Å². The Morgan fingerprint density at radius 3 is 2.61 bits per heavy atom. The highest BCUT2D eigenvalue weighted by Gasteiger charge is 2.16. The second-order valence-electron chi connectivity index (χ2n) is 5.30. The number of ether oxygens (including phenoxy) is 1. The van der Waals surface area contributed by atoms with Crippen LogP contribution in [0.3, 0.4) is 0 Å². The summed E-state index contributed by atoms with van der Waals surface area (Å²) < 4.78 is 18.3. The van der Waals surface area contributed by atoms with Crippen LogP contribution in [0.2, 0.25) is 0 Å². The number of halogens is 2. The number of methoxy groups -OCH3 is 1. The maximum absolute atomic E-state index is 13.0. The summed E-state index contributed by atoms with van der Waals surface area (Å²) in [6, 6.07) is 5.73. The molecule has 0 fully saturated rings. The summed E-state index contributed by atoms with van der Waals surface area (Å²) >= 11 is 0. The second-order valence-corrected chi connectivity index (χ2v) is 5.30. The molecule has 0 heterocycles. The van der Waals surface area contributed by atoms with E-state index in [1.807, 2.05) is 13.8 Å². The predicted molar refractivity (Wildman–Crippen MR) is 101 cm³/mol. The number of carbonyl (C=O) groups excluding carboxylic acids is 1.